The summed E-state index contributed by atoms with van der Waals surface area (Å²) in [7, 11) is 0. The lowest BCUT2D eigenvalue weighted by atomic mass is 9.69. The van der Waals surface area contributed by atoms with E-state index >= 15 is 0 Å². The van der Waals surface area contributed by atoms with E-state index in [1.165, 1.54) is 138 Å². The first kappa shape index (κ1) is 42.0. The van der Waals surface area contributed by atoms with Gasteiger partial charge >= 0.3 is 0 Å². The molecule has 4 aliphatic carbocycles. The first-order chi connectivity index (χ1) is 32.2. The molecule has 0 saturated heterocycles. The van der Waals surface area contributed by atoms with Gasteiger partial charge in [-0.3, -0.25) is 0 Å². The summed E-state index contributed by atoms with van der Waals surface area (Å²) in [5, 5.41) is 0. The molecule has 0 aromatic heterocycles. The summed E-state index contributed by atoms with van der Waals surface area (Å²) in [5.41, 5.74) is 25.9. The Bertz CT molecular complexity index is 3180. The fourth-order valence-electron chi connectivity index (χ4n) is 12.8. The maximum absolute atomic E-state index is 2.56. The van der Waals surface area contributed by atoms with Crippen LogP contribution in [-0.4, -0.2) is 0 Å². The Kier molecular flexibility index (Phi) is 9.41. The first-order valence-corrected chi connectivity index (χ1v) is 25.0. The molecule has 1 fully saturated rings. The predicted molar refractivity (Wildman–Crippen MR) is 284 cm³/mol. The Hall–Kier alpha value is -6.44. The van der Waals surface area contributed by atoms with Crippen LogP contribution in [-0.2, 0) is 21.7 Å². The summed E-state index contributed by atoms with van der Waals surface area (Å²) < 4.78 is 0. The lowest BCUT2D eigenvalue weighted by molar-refractivity contribution is 0.443. The van der Waals surface area contributed by atoms with Crippen molar-refractivity contribution in [1.29, 1.82) is 0 Å². The Morgan fingerprint density at radius 1 is 0.418 bits per heavy atom. The first-order valence-electron chi connectivity index (χ1n) is 25.0. The molecule has 1 spiro atoms. The Labute approximate surface area is 399 Å². The normalized spacial score (nSPS) is 16.2. The highest BCUT2D eigenvalue weighted by Gasteiger charge is 2.53. The van der Waals surface area contributed by atoms with Crippen LogP contribution in [0.5, 0.6) is 0 Å². The Balaban J connectivity index is 1.09. The lowest BCUT2D eigenvalue weighted by Gasteiger charge is -2.33. The molecule has 0 bridgehead atoms. The molecular formula is C66H63N. The minimum absolute atomic E-state index is 0.00843. The van der Waals surface area contributed by atoms with Crippen molar-refractivity contribution >= 4 is 17.1 Å². The van der Waals surface area contributed by atoms with E-state index in [2.05, 4.69) is 230 Å². The van der Waals surface area contributed by atoms with Crippen molar-refractivity contribution in [2.45, 2.75) is 115 Å². The van der Waals surface area contributed by atoms with E-state index in [0.717, 1.165) is 5.69 Å². The molecule has 67 heavy (non-hydrogen) atoms. The van der Waals surface area contributed by atoms with E-state index in [1.807, 2.05) is 0 Å². The highest BCUT2D eigenvalue weighted by atomic mass is 15.1. The molecule has 0 atom stereocenters. The minimum Gasteiger partial charge on any atom is -0.310 e. The molecule has 0 aliphatic heterocycles. The Morgan fingerprint density at radius 3 is 1.57 bits per heavy atom. The number of rotatable bonds is 5. The Morgan fingerprint density at radius 2 is 0.940 bits per heavy atom. The molecule has 1 heteroatoms. The van der Waals surface area contributed by atoms with Gasteiger partial charge in [-0.1, -0.05) is 214 Å². The second-order valence-electron chi connectivity index (χ2n) is 22.8. The summed E-state index contributed by atoms with van der Waals surface area (Å²) in [4.78, 5) is 2.56. The van der Waals surface area contributed by atoms with Gasteiger partial charge in [0, 0.05) is 22.4 Å². The molecule has 332 valence electrons. The summed E-state index contributed by atoms with van der Waals surface area (Å²) in [6.45, 7) is 18.9. The molecule has 8 aromatic carbocycles. The monoisotopic (exact) mass is 869 g/mol. The second kappa shape index (κ2) is 15.0. The van der Waals surface area contributed by atoms with Crippen molar-refractivity contribution in [3.63, 3.8) is 0 Å². The maximum atomic E-state index is 2.56. The van der Waals surface area contributed by atoms with Gasteiger partial charge in [0.2, 0.25) is 0 Å². The fourth-order valence-corrected chi connectivity index (χ4v) is 12.8. The number of hydrogen-bond acceptors (Lipinski definition) is 1. The molecule has 0 N–H and O–H groups in total. The number of fused-ring (bicyclic) bond motifs is 13. The highest BCUT2D eigenvalue weighted by molar-refractivity contribution is 6.02. The zero-order valence-corrected chi connectivity index (χ0v) is 40.7. The molecule has 1 nitrogen and oxygen atoms in total. The summed E-state index contributed by atoms with van der Waals surface area (Å²) in [5.74, 6) is 0.702. The van der Waals surface area contributed by atoms with Gasteiger partial charge in [0.25, 0.3) is 0 Å². The van der Waals surface area contributed by atoms with Crippen LogP contribution < -0.4 is 4.90 Å². The van der Waals surface area contributed by atoms with E-state index in [0.29, 0.717) is 5.92 Å². The number of hydrogen-bond donors (Lipinski definition) is 0. The van der Waals surface area contributed by atoms with Gasteiger partial charge < -0.3 is 4.90 Å². The molecule has 4 aliphatic rings. The fraction of sp³-hybridized carbons (Fsp3) is 0.273. The van der Waals surface area contributed by atoms with Crippen molar-refractivity contribution < 1.29 is 0 Å². The predicted octanol–water partition coefficient (Wildman–Crippen LogP) is 18.1. The van der Waals surface area contributed by atoms with Crippen LogP contribution in [0.2, 0.25) is 0 Å². The zero-order valence-electron chi connectivity index (χ0n) is 40.7. The van der Waals surface area contributed by atoms with Crippen molar-refractivity contribution in [2.75, 3.05) is 4.90 Å². The van der Waals surface area contributed by atoms with Gasteiger partial charge in [0.1, 0.15) is 0 Å². The van der Waals surface area contributed by atoms with Gasteiger partial charge in [0.15, 0.2) is 0 Å². The average Bonchev–Trinajstić information content (AvgIpc) is 3.90. The third-order valence-corrected chi connectivity index (χ3v) is 16.4. The van der Waals surface area contributed by atoms with Crippen molar-refractivity contribution in [3.8, 4) is 44.5 Å². The second-order valence-corrected chi connectivity index (χ2v) is 22.8. The topological polar surface area (TPSA) is 3.24 Å². The molecular weight excluding hydrogens is 807 g/mol. The van der Waals surface area contributed by atoms with Crippen LogP contribution >= 0.6 is 0 Å². The largest absolute Gasteiger partial charge is 0.310 e. The van der Waals surface area contributed by atoms with Crippen molar-refractivity contribution in [2.24, 2.45) is 0 Å². The van der Waals surface area contributed by atoms with Gasteiger partial charge in [-0.15, -0.1) is 0 Å². The van der Waals surface area contributed by atoms with Crippen LogP contribution in [0.1, 0.15) is 143 Å². The molecule has 0 unspecified atom stereocenters. The SMILES string of the molecule is CC(C)(C)c1ccc2c(c1)C1(c3cc(C(C)(C)C)ccc3-2)c2ccccc2-c2c(N(c3ccc(-c4ccc(C5CCCCC5)cc4)cc3)c3ccc4c(c3)-c3ccccc3C4(C)C)cccc21. The molecule has 0 heterocycles. The van der Waals surface area contributed by atoms with Crippen molar-refractivity contribution in [1.82, 2.24) is 0 Å². The lowest BCUT2D eigenvalue weighted by Crippen LogP contribution is -2.27. The van der Waals surface area contributed by atoms with E-state index in [4.69, 9.17) is 0 Å². The summed E-state index contributed by atoms with van der Waals surface area (Å²) in [6, 6.07) is 66.4. The summed E-state index contributed by atoms with van der Waals surface area (Å²) in [6.07, 6.45) is 6.73. The van der Waals surface area contributed by atoms with Crippen LogP contribution in [0, 0.1) is 0 Å². The minimum atomic E-state index is -0.491. The van der Waals surface area contributed by atoms with Crippen LogP contribution in [0.15, 0.2) is 170 Å². The van der Waals surface area contributed by atoms with Crippen LogP contribution in [0.4, 0.5) is 17.1 Å². The average molecular weight is 870 g/mol. The van der Waals surface area contributed by atoms with Crippen LogP contribution in [0.3, 0.4) is 0 Å². The highest BCUT2D eigenvalue weighted by Crippen LogP contribution is 2.65. The maximum Gasteiger partial charge on any atom is 0.0726 e. The van der Waals surface area contributed by atoms with Gasteiger partial charge in [-0.25, -0.2) is 0 Å². The van der Waals surface area contributed by atoms with Gasteiger partial charge in [-0.2, -0.15) is 0 Å². The molecule has 12 rings (SSSR count). The third kappa shape index (κ3) is 6.33. The van der Waals surface area contributed by atoms with E-state index < -0.39 is 5.41 Å². The molecule has 0 radical (unpaired) electrons. The molecule has 8 aromatic rings. The number of anilines is 3. The quantitative estimate of drug-likeness (QED) is 0.167. The van der Waals surface area contributed by atoms with Gasteiger partial charge in [0.05, 0.1) is 11.1 Å². The third-order valence-electron chi connectivity index (χ3n) is 16.4. The van der Waals surface area contributed by atoms with Crippen molar-refractivity contribution in [3.05, 3.63) is 220 Å². The number of nitrogens with zero attached hydrogens (tertiary/aromatic N) is 1. The van der Waals surface area contributed by atoms with E-state index in [-0.39, 0.29) is 16.2 Å². The standard InChI is InChI=1S/C66H63N/c1-63(2,3)46-31-36-51-52-37-32-47(64(4,5)6)40-60(52)66(59(51)39-46)57-22-15-13-20-53(57)62-58(66)23-16-24-61(62)67(49-35-38-56-54(41-49)50-19-12-14-21-55(50)65(56,7)8)48-33-29-45(30-34-48)44-27-25-43(26-28-44)42-17-10-9-11-18-42/h12-16,19-42H,9-11,17-18H2,1-8H3. The zero-order chi connectivity index (χ0) is 46.0. The molecule has 0 amide bonds. The van der Waals surface area contributed by atoms with E-state index in [1.54, 1.807) is 0 Å². The summed E-state index contributed by atoms with van der Waals surface area (Å²) >= 11 is 0. The number of benzene rings is 8. The van der Waals surface area contributed by atoms with E-state index in [9.17, 15) is 0 Å². The van der Waals surface area contributed by atoms with Gasteiger partial charge in [-0.05, 0) is 149 Å². The van der Waals surface area contributed by atoms with Crippen LogP contribution in [0.25, 0.3) is 44.5 Å². The smallest absolute Gasteiger partial charge is 0.0726 e. The molecule has 1 saturated carbocycles.